The molecule has 1 aliphatic carbocycles. The third-order valence-corrected chi connectivity index (χ3v) is 4.58. The molecule has 0 aromatic carbocycles. The van der Waals surface area contributed by atoms with E-state index in [0.717, 1.165) is 0 Å². The average molecular weight is 250 g/mol. The molecule has 1 heterocycles. The van der Waals surface area contributed by atoms with Crippen LogP contribution in [-0.4, -0.2) is 22.2 Å². The molecule has 100 valence electrons. The van der Waals surface area contributed by atoms with Crippen molar-refractivity contribution in [3.8, 4) is 0 Å². The van der Waals surface area contributed by atoms with Crippen molar-refractivity contribution in [3.63, 3.8) is 0 Å². The summed E-state index contributed by atoms with van der Waals surface area (Å²) in [6, 6.07) is 0. The third kappa shape index (κ3) is 1.98. The number of carbonyl (C=O) groups excluding carboxylic acids is 1. The lowest BCUT2D eigenvalue weighted by atomic mass is 10.0. The van der Waals surface area contributed by atoms with Crippen LogP contribution < -0.4 is 11.1 Å². The van der Waals surface area contributed by atoms with Crippen LogP contribution in [0.2, 0.25) is 0 Å². The van der Waals surface area contributed by atoms with Crippen molar-refractivity contribution in [3.05, 3.63) is 12.4 Å². The summed E-state index contributed by atoms with van der Waals surface area (Å²) in [7, 11) is 0. The molecule has 1 fully saturated rings. The molecular formula is C13H22N4O. The topological polar surface area (TPSA) is 72.9 Å². The molecule has 2 rings (SSSR count). The summed E-state index contributed by atoms with van der Waals surface area (Å²) in [5, 5.41) is 7.04. The van der Waals surface area contributed by atoms with E-state index in [9.17, 15) is 4.79 Å². The van der Waals surface area contributed by atoms with Gasteiger partial charge in [0.15, 0.2) is 0 Å². The summed E-state index contributed by atoms with van der Waals surface area (Å²) in [6.45, 7) is 9.81. The van der Waals surface area contributed by atoms with E-state index >= 15 is 0 Å². The van der Waals surface area contributed by atoms with E-state index in [1.165, 1.54) is 0 Å². The Morgan fingerprint density at radius 1 is 1.44 bits per heavy atom. The fraction of sp³-hybridized carbons (Fsp3) is 0.692. The number of hydrogen-bond acceptors (Lipinski definition) is 3. The van der Waals surface area contributed by atoms with Gasteiger partial charge in [-0.3, -0.25) is 9.48 Å². The number of nitrogens with one attached hydrogen (secondary N) is 1. The molecule has 0 spiro atoms. The standard InChI is InChI=1S/C13H22N4O/c1-12(2)10(13(12,3)4)11(18)15-5-6-17-8-9(14)7-16-17/h7-8,10H,5-6,14H2,1-4H3,(H,15,18). The zero-order valence-corrected chi connectivity index (χ0v) is 11.5. The second-order valence-corrected chi connectivity index (χ2v) is 6.20. The van der Waals surface area contributed by atoms with Gasteiger partial charge in [0, 0.05) is 18.7 Å². The van der Waals surface area contributed by atoms with E-state index in [4.69, 9.17) is 5.73 Å². The number of nitrogens with two attached hydrogens (primary N) is 1. The van der Waals surface area contributed by atoms with Crippen LogP contribution >= 0.6 is 0 Å². The van der Waals surface area contributed by atoms with Gasteiger partial charge in [0.1, 0.15) is 0 Å². The zero-order valence-electron chi connectivity index (χ0n) is 11.5. The molecule has 0 aliphatic heterocycles. The van der Waals surface area contributed by atoms with E-state index in [1.54, 1.807) is 17.1 Å². The first-order valence-corrected chi connectivity index (χ1v) is 6.32. The molecule has 1 aromatic heterocycles. The molecule has 0 unspecified atom stereocenters. The van der Waals surface area contributed by atoms with Gasteiger partial charge in [-0.1, -0.05) is 27.7 Å². The molecule has 18 heavy (non-hydrogen) atoms. The third-order valence-electron chi connectivity index (χ3n) is 4.58. The van der Waals surface area contributed by atoms with Crippen LogP contribution in [0.1, 0.15) is 27.7 Å². The SMILES string of the molecule is CC1(C)C(C(=O)NCCn2cc(N)cn2)C1(C)C. The van der Waals surface area contributed by atoms with E-state index in [2.05, 4.69) is 38.1 Å². The van der Waals surface area contributed by atoms with Crippen molar-refractivity contribution < 1.29 is 4.79 Å². The highest BCUT2D eigenvalue weighted by atomic mass is 16.2. The normalized spacial score (nSPS) is 20.7. The van der Waals surface area contributed by atoms with E-state index in [0.29, 0.717) is 18.8 Å². The van der Waals surface area contributed by atoms with Crippen LogP contribution in [0.5, 0.6) is 0 Å². The van der Waals surface area contributed by atoms with Crippen LogP contribution in [-0.2, 0) is 11.3 Å². The Kier molecular flexibility index (Phi) is 2.87. The number of nitrogen functional groups attached to an aromatic ring is 1. The van der Waals surface area contributed by atoms with Crippen molar-refractivity contribution in [1.82, 2.24) is 15.1 Å². The molecule has 1 amide bonds. The number of carbonyl (C=O) groups is 1. The van der Waals surface area contributed by atoms with Crippen LogP contribution in [0.25, 0.3) is 0 Å². The minimum Gasteiger partial charge on any atom is -0.396 e. The molecule has 0 bridgehead atoms. The number of anilines is 1. The quantitative estimate of drug-likeness (QED) is 0.845. The second-order valence-electron chi connectivity index (χ2n) is 6.20. The lowest BCUT2D eigenvalue weighted by Crippen LogP contribution is -2.30. The highest BCUT2D eigenvalue weighted by Crippen LogP contribution is 2.68. The molecule has 0 saturated heterocycles. The summed E-state index contributed by atoms with van der Waals surface area (Å²) >= 11 is 0. The van der Waals surface area contributed by atoms with Crippen LogP contribution in [0.3, 0.4) is 0 Å². The Morgan fingerprint density at radius 3 is 2.50 bits per heavy atom. The first-order chi connectivity index (χ1) is 8.26. The molecule has 3 N–H and O–H groups in total. The van der Waals surface area contributed by atoms with Crippen molar-refractivity contribution in [2.75, 3.05) is 12.3 Å². The predicted molar refractivity (Wildman–Crippen MR) is 70.7 cm³/mol. The number of amides is 1. The van der Waals surface area contributed by atoms with Gasteiger partial charge in [0.05, 0.1) is 18.4 Å². The second kappa shape index (κ2) is 4.00. The monoisotopic (exact) mass is 250 g/mol. The Bertz CT molecular complexity index is 447. The first-order valence-electron chi connectivity index (χ1n) is 6.32. The van der Waals surface area contributed by atoms with E-state index < -0.39 is 0 Å². The molecular weight excluding hydrogens is 228 g/mol. The highest BCUT2D eigenvalue weighted by molar-refractivity contribution is 5.84. The summed E-state index contributed by atoms with van der Waals surface area (Å²) < 4.78 is 1.73. The maximum atomic E-state index is 12.1. The minimum absolute atomic E-state index is 0.0905. The number of aromatic nitrogens is 2. The fourth-order valence-electron chi connectivity index (χ4n) is 2.75. The van der Waals surface area contributed by atoms with Gasteiger partial charge in [-0.2, -0.15) is 5.10 Å². The van der Waals surface area contributed by atoms with Gasteiger partial charge in [-0.05, 0) is 10.8 Å². The lowest BCUT2D eigenvalue weighted by molar-refractivity contribution is -0.123. The number of hydrogen-bond donors (Lipinski definition) is 2. The van der Waals surface area contributed by atoms with Crippen LogP contribution in [0, 0.1) is 16.7 Å². The van der Waals surface area contributed by atoms with Crippen LogP contribution in [0.15, 0.2) is 12.4 Å². The van der Waals surface area contributed by atoms with Crippen molar-refractivity contribution in [1.29, 1.82) is 0 Å². The number of nitrogens with zero attached hydrogens (tertiary/aromatic N) is 2. The Morgan fingerprint density at radius 2 is 2.06 bits per heavy atom. The number of rotatable bonds is 4. The Balaban J connectivity index is 1.80. The predicted octanol–water partition coefficient (Wildman–Crippen LogP) is 1.26. The summed E-state index contributed by atoms with van der Waals surface area (Å²) in [5.74, 6) is 0.248. The van der Waals surface area contributed by atoms with Gasteiger partial charge in [-0.25, -0.2) is 0 Å². The highest BCUT2D eigenvalue weighted by Gasteiger charge is 2.68. The summed E-state index contributed by atoms with van der Waals surface area (Å²) in [4.78, 5) is 12.1. The first kappa shape index (κ1) is 12.9. The summed E-state index contributed by atoms with van der Waals surface area (Å²) in [6.07, 6.45) is 3.37. The van der Waals surface area contributed by atoms with Crippen molar-refractivity contribution >= 4 is 11.6 Å². The van der Waals surface area contributed by atoms with E-state index in [-0.39, 0.29) is 22.7 Å². The molecule has 5 heteroatoms. The summed E-state index contributed by atoms with van der Waals surface area (Å²) in [5.41, 5.74) is 6.39. The van der Waals surface area contributed by atoms with Gasteiger partial charge in [0.25, 0.3) is 0 Å². The molecule has 0 radical (unpaired) electrons. The minimum atomic E-state index is 0.0905. The molecule has 0 atom stereocenters. The van der Waals surface area contributed by atoms with Crippen LogP contribution in [0.4, 0.5) is 5.69 Å². The molecule has 1 saturated carbocycles. The fourth-order valence-corrected chi connectivity index (χ4v) is 2.75. The van der Waals surface area contributed by atoms with Crippen molar-refractivity contribution in [2.24, 2.45) is 16.7 Å². The van der Waals surface area contributed by atoms with Gasteiger partial charge < -0.3 is 11.1 Å². The van der Waals surface area contributed by atoms with E-state index in [1.807, 2.05) is 0 Å². The molecule has 5 nitrogen and oxygen atoms in total. The lowest BCUT2D eigenvalue weighted by Gasteiger charge is -2.06. The van der Waals surface area contributed by atoms with Crippen molar-refractivity contribution in [2.45, 2.75) is 34.2 Å². The largest absolute Gasteiger partial charge is 0.396 e. The zero-order chi connectivity index (χ0) is 13.6. The van der Waals surface area contributed by atoms with Gasteiger partial charge >= 0.3 is 0 Å². The average Bonchev–Trinajstić information content (AvgIpc) is 2.58. The Hall–Kier alpha value is -1.52. The maximum Gasteiger partial charge on any atom is 0.224 e. The Labute approximate surface area is 108 Å². The van der Waals surface area contributed by atoms with Gasteiger partial charge in [0.2, 0.25) is 5.91 Å². The molecule has 1 aromatic rings. The van der Waals surface area contributed by atoms with Gasteiger partial charge in [-0.15, -0.1) is 0 Å². The smallest absolute Gasteiger partial charge is 0.224 e. The maximum absolute atomic E-state index is 12.1. The molecule has 1 aliphatic rings.